The molecule has 0 aliphatic heterocycles. The summed E-state index contributed by atoms with van der Waals surface area (Å²) in [6.45, 7) is -2.49. The van der Waals surface area contributed by atoms with Crippen molar-refractivity contribution >= 4 is 17.5 Å². The van der Waals surface area contributed by atoms with E-state index < -0.39 is 53.4 Å². The fraction of sp³-hybridized carbons (Fsp3) is 0.333. The first kappa shape index (κ1) is 32.2. The van der Waals surface area contributed by atoms with Crippen LogP contribution in [0.2, 0.25) is 0 Å². The van der Waals surface area contributed by atoms with Crippen LogP contribution in [-0.2, 0) is 4.79 Å². The molecule has 4 aromatic rings. The van der Waals surface area contributed by atoms with Crippen LogP contribution in [0.5, 0.6) is 5.75 Å². The van der Waals surface area contributed by atoms with Crippen molar-refractivity contribution in [2.45, 2.75) is 44.3 Å². The summed E-state index contributed by atoms with van der Waals surface area (Å²) in [7, 11) is 0. The van der Waals surface area contributed by atoms with Crippen molar-refractivity contribution in [2.24, 2.45) is 5.92 Å². The summed E-state index contributed by atoms with van der Waals surface area (Å²) < 4.78 is 101. The van der Waals surface area contributed by atoms with Crippen LogP contribution < -0.4 is 5.32 Å². The number of benzene rings is 1. The zero-order chi connectivity index (χ0) is 32.3. The summed E-state index contributed by atoms with van der Waals surface area (Å²) in [6, 6.07) is 4.08. The predicted octanol–water partition coefficient (Wildman–Crippen LogP) is 6.05. The average molecular weight is 633 g/mol. The van der Waals surface area contributed by atoms with Gasteiger partial charge in [-0.15, -0.1) is 0 Å². The molecule has 0 unspecified atom stereocenters. The summed E-state index contributed by atoms with van der Waals surface area (Å²) in [5.74, 6) is -9.68. The molecule has 236 valence electrons. The molecule has 0 atom stereocenters. The van der Waals surface area contributed by atoms with E-state index in [9.17, 15) is 39.9 Å². The van der Waals surface area contributed by atoms with Gasteiger partial charge in [-0.25, -0.2) is 23.2 Å². The van der Waals surface area contributed by atoms with E-state index in [0.717, 1.165) is 42.6 Å². The number of amides is 1. The summed E-state index contributed by atoms with van der Waals surface area (Å²) >= 11 is 0. The molecule has 1 aliphatic rings. The van der Waals surface area contributed by atoms with Crippen molar-refractivity contribution in [1.82, 2.24) is 24.5 Å². The van der Waals surface area contributed by atoms with E-state index >= 15 is 0 Å². The fourth-order valence-electron chi connectivity index (χ4n) is 4.72. The molecule has 3 N–H and O–H groups in total. The number of phenols is 1. The Labute approximate surface area is 242 Å². The molecule has 3 aromatic heterocycles. The predicted molar refractivity (Wildman–Crippen MR) is 136 cm³/mol. The number of phenolic OH excluding ortho intramolecular Hbond substituents is 1. The maximum Gasteiger partial charge on any atom is 0.490 e. The number of alkyl halides is 5. The second kappa shape index (κ2) is 12.9. The van der Waals surface area contributed by atoms with Crippen LogP contribution in [0.25, 0.3) is 16.8 Å². The highest BCUT2D eigenvalue weighted by molar-refractivity contribution is 5.94. The van der Waals surface area contributed by atoms with E-state index in [4.69, 9.17) is 20.0 Å². The Balaban J connectivity index is 0.000000566. The van der Waals surface area contributed by atoms with Gasteiger partial charge in [-0.1, -0.05) is 0 Å². The molecule has 0 bridgehead atoms. The Morgan fingerprint density at radius 2 is 1.66 bits per heavy atom. The van der Waals surface area contributed by atoms with Crippen molar-refractivity contribution < 1.29 is 54.9 Å². The second-order valence-corrected chi connectivity index (χ2v) is 9.95. The maximum atomic E-state index is 13.9. The van der Waals surface area contributed by atoms with Gasteiger partial charge in [0.05, 0.1) is 17.5 Å². The van der Waals surface area contributed by atoms with E-state index in [1.54, 1.807) is 6.07 Å². The zero-order valence-electron chi connectivity index (χ0n) is 22.3. The standard InChI is InChI=1S/C25H22F5N5O2.C2HF3O2/c26-18-7-17(21(27)22(28)23(18)36)24(37)31-8-13-1-3-14(4-2-13)19-12-34-10-15(5-6-20(34)33-19)16-9-32-35(11-16)25(29)30;3-2(4,5)1(6)7/h5-7,9-14,25,36H,1-4,8H2,(H,31,37);(H,6,7). The van der Waals surface area contributed by atoms with Crippen LogP contribution in [0.1, 0.15) is 54.2 Å². The number of aromatic nitrogens is 4. The van der Waals surface area contributed by atoms with Crippen molar-refractivity contribution in [3.05, 3.63) is 71.7 Å². The molecule has 0 saturated heterocycles. The lowest BCUT2D eigenvalue weighted by atomic mass is 9.80. The van der Waals surface area contributed by atoms with Gasteiger partial charge in [-0.05, 0) is 49.8 Å². The SMILES string of the molecule is O=C(NCC1CCC(c2cn3cc(-c4cnn(C(F)F)c4)ccc3n2)CC1)c1cc(F)c(O)c(F)c1F.O=C(O)C(F)(F)F. The van der Waals surface area contributed by atoms with Crippen LogP contribution >= 0.6 is 0 Å². The molecule has 0 radical (unpaired) electrons. The largest absolute Gasteiger partial charge is 0.503 e. The number of aliphatic carboxylic acids is 1. The van der Waals surface area contributed by atoms with Gasteiger partial charge >= 0.3 is 18.7 Å². The van der Waals surface area contributed by atoms with Crippen LogP contribution in [0, 0.1) is 23.4 Å². The highest BCUT2D eigenvalue weighted by Crippen LogP contribution is 2.35. The van der Waals surface area contributed by atoms with Gasteiger partial charge in [-0.2, -0.15) is 31.4 Å². The molecular formula is C27H23F8N5O4. The Morgan fingerprint density at radius 1 is 1.00 bits per heavy atom. The number of fused-ring (bicyclic) bond motifs is 1. The third kappa shape index (κ3) is 7.26. The first-order valence-corrected chi connectivity index (χ1v) is 12.9. The topological polar surface area (TPSA) is 122 Å². The van der Waals surface area contributed by atoms with E-state index in [1.165, 1.54) is 12.4 Å². The zero-order valence-corrected chi connectivity index (χ0v) is 22.3. The third-order valence-electron chi connectivity index (χ3n) is 7.04. The van der Waals surface area contributed by atoms with Crippen LogP contribution in [0.3, 0.4) is 0 Å². The molecular weight excluding hydrogens is 610 g/mol. The van der Waals surface area contributed by atoms with Gasteiger partial charge in [-0.3, -0.25) is 4.79 Å². The van der Waals surface area contributed by atoms with Gasteiger partial charge in [0.25, 0.3) is 5.91 Å². The van der Waals surface area contributed by atoms with Gasteiger partial charge in [0, 0.05) is 42.2 Å². The Hall–Kier alpha value is -4.70. The first-order valence-electron chi connectivity index (χ1n) is 12.9. The van der Waals surface area contributed by atoms with Gasteiger partial charge < -0.3 is 19.9 Å². The molecule has 1 saturated carbocycles. The lowest BCUT2D eigenvalue weighted by molar-refractivity contribution is -0.192. The number of pyridine rings is 1. The number of aromatic hydroxyl groups is 1. The van der Waals surface area contributed by atoms with Crippen molar-refractivity contribution in [2.75, 3.05) is 6.54 Å². The van der Waals surface area contributed by atoms with Gasteiger partial charge in [0.2, 0.25) is 5.82 Å². The molecule has 1 aliphatic carbocycles. The highest BCUT2D eigenvalue weighted by Gasteiger charge is 2.38. The van der Waals surface area contributed by atoms with Crippen molar-refractivity contribution in [3.8, 4) is 16.9 Å². The molecule has 3 heterocycles. The van der Waals surface area contributed by atoms with Crippen LogP contribution in [0.15, 0.2) is 43.0 Å². The molecule has 0 spiro atoms. The average Bonchev–Trinajstić information content (AvgIpc) is 3.64. The monoisotopic (exact) mass is 633 g/mol. The number of rotatable bonds is 6. The molecule has 5 rings (SSSR count). The summed E-state index contributed by atoms with van der Waals surface area (Å²) in [5, 5.41) is 22.4. The number of carboxylic acids is 1. The molecule has 1 fully saturated rings. The Bertz CT molecular complexity index is 1660. The van der Waals surface area contributed by atoms with Crippen molar-refractivity contribution in [1.29, 1.82) is 0 Å². The summed E-state index contributed by atoms with van der Waals surface area (Å²) in [4.78, 5) is 25.8. The van der Waals surface area contributed by atoms with E-state index in [1.807, 2.05) is 22.9 Å². The number of nitrogens with one attached hydrogen (secondary N) is 1. The van der Waals surface area contributed by atoms with E-state index in [-0.39, 0.29) is 18.4 Å². The molecule has 44 heavy (non-hydrogen) atoms. The third-order valence-corrected chi connectivity index (χ3v) is 7.04. The first-order chi connectivity index (χ1) is 20.6. The molecule has 1 amide bonds. The quantitative estimate of drug-likeness (QED) is 0.176. The normalized spacial score (nSPS) is 16.9. The lowest BCUT2D eigenvalue weighted by Gasteiger charge is -2.27. The number of halogens is 8. The smallest absolute Gasteiger partial charge is 0.490 e. The summed E-state index contributed by atoms with van der Waals surface area (Å²) in [5.41, 5.74) is 2.13. The number of carbonyl (C=O) groups is 2. The molecule has 9 nitrogen and oxygen atoms in total. The fourth-order valence-corrected chi connectivity index (χ4v) is 4.72. The minimum atomic E-state index is -5.08. The Kier molecular flexibility index (Phi) is 9.44. The lowest BCUT2D eigenvalue weighted by Crippen LogP contribution is -2.32. The number of hydrogen-bond donors (Lipinski definition) is 3. The number of carboxylic acid groups (broad SMARTS) is 1. The number of carbonyl (C=O) groups excluding carboxylic acids is 1. The van der Waals surface area contributed by atoms with Crippen molar-refractivity contribution in [3.63, 3.8) is 0 Å². The minimum absolute atomic E-state index is 0.102. The molecule has 1 aromatic carbocycles. The van der Waals surface area contributed by atoms with Crippen LogP contribution in [-0.4, -0.2) is 54.0 Å². The minimum Gasteiger partial charge on any atom is -0.503 e. The highest BCUT2D eigenvalue weighted by atomic mass is 19.4. The maximum absolute atomic E-state index is 13.9. The summed E-state index contributed by atoms with van der Waals surface area (Å²) in [6.07, 6.45) is 4.44. The second-order valence-electron chi connectivity index (χ2n) is 9.95. The number of imidazole rings is 1. The Morgan fingerprint density at radius 3 is 2.25 bits per heavy atom. The number of nitrogens with zero attached hydrogens (tertiary/aromatic N) is 4. The van der Waals surface area contributed by atoms with Crippen LogP contribution in [0.4, 0.5) is 35.1 Å². The van der Waals surface area contributed by atoms with Gasteiger partial charge in [0.1, 0.15) is 5.65 Å². The van der Waals surface area contributed by atoms with E-state index in [2.05, 4.69) is 10.4 Å². The van der Waals surface area contributed by atoms with Gasteiger partial charge in [0.15, 0.2) is 17.4 Å². The molecule has 17 heteroatoms. The van der Waals surface area contributed by atoms with E-state index in [0.29, 0.717) is 16.3 Å². The number of hydrogen-bond acceptors (Lipinski definition) is 5.